The van der Waals surface area contributed by atoms with Crippen molar-refractivity contribution >= 4 is 33.6 Å². The number of amides is 2. The topological polar surface area (TPSA) is 78.9 Å². The number of urea groups is 1. The van der Waals surface area contributed by atoms with Gasteiger partial charge in [-0.3, -0.25) is 0 Å². The maximum atomic E-state index is 12.0. The van der Waals surface area contributed by atoms with Crippen LogP contribution in [0.4, 0.5) is 10.5 Å². The number of nitrogens with one attached hydrogen (secondary N) is 1. The van der Waals surface area contributed by atoms with Gasteiger partial charge >= 0.3 is 12.0 Å². The van der Waals surface area contributed by atoms with Crippen molar-refractivity contribution in [1.29, 1.82) is 0 Å². The molecule has 1 saturated heterocycles. The number of esters is 1. The zero-order chi connectivity index (χ0) is 14.7. The van der Waals surface area contributed by atoms with Gasteiger partial charge in [0.15, 0.2) is 0 Å². The zero-order valence-corrected chi connectivity index (χ0v) is 12.5. The number of carbonyl (C=O) groups excluding carboxylic acids is 2. The zero-order valence-electron chi connectivity index (χ0n) is 10.9. The summed E-state index contributed by atoms with van der Waals surface area (Å²) in [6.45, 7) is 0.847. The first-order valence-electron chi connectivity index (χ1n) is 6.13. The summed E-state index contributed by atoms with van der Waals surface area (Å²) in [6, 6.07) is 4.60. The Kier molecular flexibility index (Phi) is 4.61. The number of aliphatic hydroxyl groups excluding tert-OH is 1. The SMILES string of the molecule is COC(=O)c1cc(NC(=O)N2CCC(O)C2)ccc1Br. The van der Waals surface area contributed by atoms with Gasteiger partial charge in [-0.2, -0.15) is 0 Å². The monoisotopic (exact) mass is 342 g/mol. The van der Waals surface area contributed by atoms with Gasteiger partial charge in [0.2, 0.25) is 0 Å². The van der Waals surface area contributed by atoms with Gasteiger partial charge in [-0.05, 0) is 40.5 Å². The lowest BCUT2D eigenvalue weighted by Crippen LogP contribution is -2.33. The molecule has 7 heteroatoms. The van der Waals surface area contributed by atoms with Gasteiger partial charge in [0, 0.05) is 23.2 Å². The van der Waals surface area contributed by atoms with Gasteiger partial charge in [0.1, 0.15) is 0 Å². The summed E-state index contributed by atoms with van der Waals surface area (Å²) in [7, 11) is 1.30. The number of β-amino-alcohol motifs (C(OH)–C–C–N with tert-alkyl or cyclic N) is 1. The highest BCUT2D eigenvalue weighted by Crippen LogP contribution is 2.22. The maximum absolute atomic E-state index is 12.0. The van der Waals surface area contributed by atoms with Crippen LogP contribution in [0.1, 0.15) is 16.8 Å². The summed E-state index contributed by atoms with van der Waals surface area (Å²) >= 11 is 3.26. The van der Waals surface area contributed by atoms with Crippen LogP contribution in [0.2, 0.25) is 0 Å². The Hall–Kier alpha value is -1.60. The molecule has 2 amide bonds. The predicted octanol–water partition coefficient (Wildman–Crippen LogP) is 1.83. The number of anilines is 1. The fraction of sp³-hybridized carbons (Fsp3) is 0.385. The van der Waals surface area contributed by atoms with Gasteiger partial charge in [-0.25, -0.2) is 9.59 Å². The van der Waals surface area contributed by atoms with Crippen molar-refractivity contribution in [3.63, 3.8) is 0 Å². The Morgan fingerprint density at radius 2 is 2.25 bits per heavy atom. The summed E-state index contributed by atoms with van der Waals surface area (Å²) in [6.07, 6.45) is 0.123. The van der Waals surface area contributed by atoms with Gasteiger partial charge < -0.3 is 20.1 Å². The van der Waals surface area contributed by atoms with E-state index in [-0.39, 0.29) is 6.03 Å². The van der Waals surface area contributed by atoms with Crippen molar-refractivity contribution in [2.24, 2.45) is 0 Å². The van der Waals surface area contributed by atoms with Gasteiger partial charge in [-0.1, -0.05) is 0 Å². The van der Waals surface area contributed by atoms with Crippen LogP contribution in [-0.2, 0) is 4.74 Å². The fourth-order valence-electron chi connectivity index (χ4n) is 2.00. The van der Waals surface area contributed by atoms with Crippen molar-refractivity contribution in [1.82, 2.24) is 4.90 Å². The average Bonchev–Trinajstić information content (AvgIpc) is 2.87. The summed E-state index contributed by atoms with van der Waals surface area (Å²) in [5, 5.41) is 12.1. The molecule has 0 aromatic heterocycles. The van der Waals surface area contributed by atoms with E-state index in [0.717, 1.165) is 0 Å². The highest BCUT2D eigenvalue weighted by Gasteiger charge is 2.24. The quantitative estimate of drug-likeness (QED) is 0.803. The number of carbonyl (C=O) groups is 2. The van der Waals surface area contributed by atoms with E-state index in [1.165, 1.54) is 12.0 Å². The molecule has 1 atom stereocenters. The van der Waals surface area contributed by atoms with E-state index in [9.17, 15) is 14.7 Å². The summed E-state index contributed by atoms with van der Waals surface area (Å²) in [4.78, 5) is 25.1. The molecule has 1 unspecified atom stereocenters. The van der Waals surface area contributed by atoms with Crippen molar-refractivity contribution in [2.45, 2.75) is 12.5 Å². The molecule has 0 spiro atoms. The first-order valence-corrected chi connectivity index (χ1v) is 6.92. The maximum Gasteiger partial charge on any atom is 0.339 e. The third-order valence-electron chi connectivity index (χ3n) is 3.07. The Morgan fingerprint density at radius 1 is 1.50 bits per heavy atom. The standard InChI is InChI=1S/C13H15BrN2O4/c1-20-12(18)10-6-8(2-3-11(10)14)15-13(19)16-5-4-9(17)7-16/h2-3,6,9,17H,4-5,7H2,1H3,(H,15,19). The Morgan fingerprint density at radius 3 is 2.85 bits per heavy atom. The predicted molar refractivity (Wildman–Crippen MR) is 76.7 cm³/mol. The first-order chi connectivity index (χ1) is 9.51. The average molecular weight is 343 g/mol. The Balaban J connectivity index is 2.10. The molecule has 1 aromatic rings. The number of methoxy groups -OCH3 is 1. The molecule has 0 radical (unpaired) electrons. The summed E-state index contributed by atoms with van der Waals surface area (Å²) < 4.78 is 5.26. The number of likely N-dealkylation sites (tertiary alicyclic amines) is 1. The lowest BCUT2D eigenvalue weighted by Gasteiger charge is -2.17. The normalized spacial score (nSPS) is 17.9. The first kappa shape index (κ1) is 14.8. The molecule has 0 saturated carbocycles. The molecule has 2 N–H and O–H groups in total. The number of hydrogen-bond donors (Lipinski definition) is 2. The molecule has 0 aliphatic carbocycles. The number of halogens is 1. The van der Waals surface area contributed by atoms with Crippen molar-refractivity contribution in [3.05, 3.63) is 28.2 Å². The van der Waals surface area contributed by atoms with Crippen LogP contribution < -0.4 is 5.32 Å². The van der Waals surface area contributed by atoms with Crippen LogP contribution in [0, 0.1) is 0 Å². The molecule has 6 nitrogen and oxygen atoms in total. The van der Waals surface area contributed by atoms with Crippen LogP contribution >= 0.6 is 15.9 Å². The molecule has 0 bridgehead atoms. The lowest BCUT2D eigenvalue weighted by atomic mass is 10.2. The van der Waals surface area contributed by atoms with E-state index >= 15 is 0 Å². The molecular formula is C13H15BrN2O4. The van der Waals surface area contributed by atoms with Crippen LogP contribution in [-0.4, -0.2) is 48.3 Å². The van der Waals surface area contributed by atoms with E-state index in [1.807, 2.05) is 0 Å². The van der Waals surface area contributed by atoms with Gasteiger partial charge in [0.05, 0.1) is 18.8 Å². The summed E-state index contributed by atoms with van der Waals surface area (Å²) in [5.41, 5.74) is 0.840. The Bertz CT molecular complexity index is 535. The minimum Gasteiger partial charge on any atom is -0.465 e. The third-order valence-corrected chi connectivity index (χ3v) is 3.77. The fourth-order valence-corrected chi connectivity index (χ4v) is 2.41. The molecule has 1 heterocycles. The molecule has 1 aliphatic rings. The largest absolute Gasteiger partial charge is 0.465 e. The molecule has 108 valence electrons. The third kappa shape index (κ3) is 3.29. The molecule has 1 fully saturated rings. The molecule has 1 aromatic carbocycles. The van der Waals surface area contributed by atoms with E-state index in [4.69, 9.17) is 0 Å². The molecule has 1 aliphatic heterocycles. The van der Waals surface area contributed by atoms with E-state index in [2.05, 4.69) is 26.0 Å². The van der Waals surface area contributed by atoms with Crippen molar-refractivity contribution in [2.75, 3.05) is 25.5 Å². The number of rotatable bonds is 2. The van der Waals surface area contributed by atoms with E-state index in [0.29, 0.717) is 35.2 Å². The van der Waals surface area contributed by atoms with Crippen LogP contribution in [0.15, 0.2) is 22.7 Å². The minimum absolute atomic E-state index is 0.292. The second kappa shape index (κ2) is 6.23. The van der Waals surface area contributed by atoms with Gasteiger partial charge in [-0.15, -0.1) is 0 Å². The summed E-state index contributed by atoms with van der Waals surface area (Å²) in [5.74, 6) is -0.482. The number of hydrogen-bond acceptors (Lipinski definition) is 4. The molecule has 20 heavy (non-hydrogen) atoms. The Labute approximate surface area is 124 Å². The van der Waals surface area contributed by atoms with Crippen LogP contribution in [0.3, 0.4) is 0 Å². The number of aliphatic hydroxyl groups is 1. The number of nitrogens with zero attached hydrogens (tertiary/aromatic N) is 1. The van der Waals surface area contributed by atoms with E-state index in [1.54, 1.807) is 18.2 Å². The van der Waals surface area contributed by atoms with Gasteiger partial charge in [0.25, 0.3) is 0 Å². The number of benzene rings is 1. The minimum atomic E-state index is -0.482. The van der Waals surface area contributed by atoms with Crippen molar-refractivity contribution in [3.8, 4) is 0 Å². The highest BCUT2D eigenvalue weighted by molar-refractivity contribution is 9.10. The second-order valence-electron chi connectivity index (χ2n) is 4.50. The van der Waals surface area contributed by atoms with Crippen LogP contribution in [0.25, 0.3) is 0 Å². The molecule has 2 rings (SSSR count). The number of ether oxygens (including phenoxy) is 1. The van der Waals surface area contributed by atoms with Crippen LogP contribution in [0.5, 0.6) is 0 Å². The lowest BCUT2D eigenvalue weighted by molar-refractivity contribution is 0.0599. The highest BCUT2D eigenvalue weighted by atomic mass is 79.9. The van der Waals surface area contributed by atoms with E-state index < -0.39 is 12.1 Å². The van der Waals surface area contributed by atoms with Crippen molar-refractivity contribution < 1.29 is 19.4 Å². The second-order valence-corrected chi connectivity index (χ2v) is 5.36. The molecular weight excluding hydrogens is 328 g/mol. The smallest absolute Gasteiger partial charge is 0.339 e.